The van der Waals surface area contributed by atoms with Crippen LogP contribution in [0.25, 0.3) is 11.3 Å². The van der Waals surface area contributed by atoms with Gasteiger partial charge in [0, 0.05) is 62.1 Å². The lowest BCUT2D eigenvalue weighted by Gasteiger charge is -2.43. The monoisotopic (exact) mass is 631 g/mol. The summed E-state index contributed by atoms with van der Waals surface area (Å²) in [6, 6.07) is 11.4. The molecule has 1 aliphatic carbocycles. The van der Waals surface area contributed by atoms with Gasteiger partial charge in [0.1, 0.15) is 17.7 Å². The van der Waals surface area contributed by atoms with E-state index < -0.39 is 23.8 Å². The zero-order valence-electron chi connectivity index (χ0n) is 27.4. The third-order valence-corrected chi connectivity index (χ3v) is 9.58. The van der Waals surface area contributed by atoms with Gasteiger partial charge in [0.15, 0.2) is 0 Å². The molecule has 0 bridgehead atoms. The minimum atomic E-state index is -0.632. The molecule has 246 valence electrons. The van der Waals surface area contributed by atoms with E-state index in [-0.39, 0.29) is 28.9 Å². The summed E-state index contributed by atoms with van der Waals surface area (Å²) in [7, 11) is 0. The van der Waals surface area contributed by atoms with Gasteiger partial charge in [0.2, 0.25) is 5.91 Å². The number of likely N-dealkylation sites (tertiary alicyclic amines) is 2. The highest BCUT2D eigenvalue weighted by Gasteiger charge is 2.37. The largest absolute Gasteiger partial charge is 0.486 e. The standard InChI is InChI=1S/C36H46FN5O4/c1-23(2)31-9-10-32(40-39-31)25-5-7-28(8-6-25)46-33-17-29(30(37)16-26(33)19-42-18-24(3)15-34(42)43)35(44)38-27-11-13-41(14-12-27)20-36(4)21-45-22-36/h5-10,16-17,23-24,26-27,33H,11-15,18-22H2,1-4H3,(H,38,44)/t24-,26?,33?/m0/s1. The summed E-state index contributed by atoms with van der Waals surface area (Å²) in [5, 5.41) is 11.8. The number of ether oxygens (including phenoxy) is 2. The first-order valence-corrected chi connectivity index (χ1v) is 16.6. The molecule has 10 heteroatoms. The van der Waals surface area contributed by atoms with Crippen LogP contribution in [0.15, 0.2) is 60.0 Å². The first kappa shape index (κ1) is 32.3. The van der Waals surface area contributed by atoms with Gasteiger partial charge in [0.05, 0.1) is 30.2 Å². The molecule has 2 unspecified atom stereocenters. The van der Waals surface area contributed by atoms with Crippen LogP contribution >= 0.6 is 0 Å². The van der Waals surface area contributed by atoms with E-state index >= 15 is 4.39 Å². The van der Waals surface area contributed by atoms with E-state index in [0.717, 1.165) is 62.6 Å². The Kier molecular flexibility index (Phi) is 9.57. The third kappa shape index (κ3) is 7.50. The maximum Gasteiger partial charge on any atom is 0.254 e. The van der Waals surface area contributed by atoms with E-state index in [0.29, 0.717) is 31.2 Å². The van der Waals surface area contributed by atoms with E-state index in [9.17, 15) is 9.59 Å². The normalized spacial score (nSPS) is 25.2. The first-order chi connectivity index (χ1) is 22.0. The van der Waals surface area contributed by atoms with Crippen molar-refractivity contribution in [1.29, 1.82) is 0 Å². The molecule has 2 aromatic rings. The van der Waals surface area contributed by atoms with Crippen molar-refractivity contribution in [2.45, 2.75) is 65.0 Å². The molecule has 3 aliphatic heterocycles. The highest BCUT2D eigenvalue weighted by Crippen LogP contribution is 2.32. The molecule has 0 radical (unpaired) electrons. The second-order valence-corrected chi connectivity index (χ2v) is 14.3. The lowest BCUT2D eigenvalue weighted by Crippen LogP contribution is -2.52. The van der Waals surface area contributed by atoms with Gasteiger partial charge in [-0.1, -0.05) is 27.7 Å². The Labute approximate surface area is 271 Å². The number of benzene rings is 1. The van der Waals surface area contributed by atoms with Crippen molar-refractivity contribution in [1.82, 2.24) is 25.3 Å². The molecule has 1 aromatic carbocycles. The molecule has 6 rings (SSSR count). The summed E-state index contributed by atoms with van der Waals surface area (Å²) in [5.74, 6) is -0.252. The van der Waals surface area contributed by atoms with E-state index in [2.05, 4.69) is 41.2 Å². The number of hydrogen-bond acceptors (Lipinski definition) is 7. The molecule has 3 saturated heterocycles. The molecular weight excluding hydrogens is 585 g/mol. The smallest absolute Gasteiger partial charge is 0.254 e. The van der Waals surface area contributed by atoms with Gasteiger partial charge in [-0.2, -0.15) is 10.2 Å². The van der Waals surface area contributed by atoms with Crippen LogP contribution in [0.1, 0.15) is 58.6 Å². The van der Waals surface area contributed by atoms with Gasteiger partial charge in [-0.25, -0.2) is 4.39 Å². The molecule has 0 spiro atoms. The Bertz CT molecular complexity index is 1460. The molecule has 1 aromatic heterocycles. The van der Waals surface area contributed by atoms with Crippen LogP contribution in [0, 0.1) is 17.3 Å². The topological polar surface area (TPSA) is 96.9 Å². The number of nitrogens with one attached hydrogen (secondary N) is 1. The van der Waals surface area contributed by atoms with Gasteiger partial charge >= 0.3 is 0 Å². The van der Waals surface area contributed by atoms with Crippen molar-refractivity contribution in [3.8, 4) is 17.0 Å². The first-order valence-electron chi connectivity index (χ1n) is 16.6. The zero-order chi connectivity index (χ0) is 32.4. The molecule has 2 amide bonds. The molecular formula is C36H46FN5O4. The average Bonchev–Trinajstić information content (AvgIpc) is 3.34. The quantitative estimate of drug-likeness (QED) is 0.398. The van der Waals surface area contributed by atoms with Crippen LogP contribution < -0.4 is 10.1 Å². The van der Waals surface area contributed by atoms with Gasteiger partial charge < -0.3 is 24.6 Å². The number of carbonyl (C=O) groups excluding carboxylic acids is 2. The van der Waals surface area contributed by atoms with Gasteiger partial charge in [-0.15, -0.1) is 0 Å². The minimum Gasteiger partial charge on any atom is -0.486 e. The van der Waals surface area contributed by atoms with Crippen LogP contribution in [0.5, 0.6) is 5.75 Å². The second-order valence-electron chi connectivity index (χ2n) is 14.3. The summed E-state index contributed by atoms with van der Waals surface area (Å²) >= 11 is 0. The lowest BCUT2D eigenvalue weighted by atomic mass is 9.87. The maximum atomic E-state index is 15.6. The molecule has 46 heavy (non-hydrogen) atoms. The molecule has 4 aliphatic rings. The third-order valence-electron chi connectivity index (χ3n) is 9.58. The summed E-state index contributed by atoms with van der Waals surface area (Å²) in [6.45, 7) is 13.8. The second kappa shape index (κ2) is 13.6. The van der Waals surface area contributed by atoms with Crippen LogP contribution in [-0.2, 0) is 14.3 Å². The predicted molar refractivity (Wildman–Crippen MR) is 174 cm³/mol. The number of hydrogen-bond donors (Lipinski definition) is 1. The fourth-order valence-corrected chi connectivity index (χ4v) is 6.85. The SMILES string of the molecule is CC(C)c1ccc(-c2ccc(OC3C=C(C(=O)NC4CCN(CC5(C)COC5)CC4)C(F)=CC3CN3C[C@@H](C)CC3=O)cc2)nn1. The summed E-state index contributed by atoms with van der Waals surface area (Å²) in [6.07, 6.45) is 4.54. The molecule has 3 atom stereocenters. The number of carbonyl (C=O) groups is 2. The Hall–Kier alpha value is -3.63. The molecule has 9 nitrogen and oxygen atoms in total. The van der Waals surface area contributed by atoms with Gasteiger partial charge in [-0.05, 0) is 73.2 Å². The summed E-state index contributed by atoms with van der Waals surface area (Å²) in [5.41, 5.74) is 2.79. The van der Waals surface area contributed by atoms with E-state index in [1.54, 1.807) is 11.0 Å². The minimum absolute atomic E-state index is 0.0129. The van der Waals surface area contributed by atoms with Crippen molar-refractivity contribution >= 4 is 11.8 Å². The van der Waals surface area contributed by atoms with Crippen molar-refractivity contribution in [2.75, 3.05) is 45.9 Å². The molecule has 0 saturated carbocycles. The van der Waals surface area contributed by atoms with Crippen molar-refractivity contribution in [2.24, 2.45) is 17.3 Å². The lowest BCUT2D eigenvalue weighted by molar-refractivity contribution is -0.128. The average molecular weight is 632 g/mol. The van der Waals surface area contributed by atoms with Crippen LogP contribution in [0.4, 0.5) is 4.39 Å². The van der Waals surface area contributed by atoms with Gasteiger partial charge in [-0.3, -0.25) is 9.59 Å². The fraction of sp³-hybridized carbons (Fsp3) is 0.556. The van der Waals surface area contributed by atoms with Crippen molar-refractivity contribution in [3.63, 3.8) is 0 Å². The van der Waals surface area contributed by atoms with Crippen LogP contribution in [0.3, 0.4) is 0 Å². The highest BCUT2D eigenvalue weighted by atomic mass is 19.1. The van der Waals surface area contributed by atoms with Crippen molar-refractivity contribution in [3.05, 3.63) is 65.6 Å². The Morgan fingerprint density at radius 3 is 2.43 bits per heavy atom. The highest BCUT2D eigenvalue weighted by molar-refractivity contribution is 5.97. The predicted octanol–water partition coefficient (Wildman–Crippen LogP) is 4.91. The van der Waals surface area contributed by atoms with E-state index in [1.165, 1.54) is 6.08 Å². The summed E-state index contributed by atoms with van der Waals surface area (Å²) < 4.78 is 27.4. The Morgan fingerprint density at radius 2 is 1.85 bits per heavy atom. The fourth-order valence-electron chi connectivity index (χ4n) is 6.85. The number of nitrogens with zero attached hydrogens (tertiary/aromatic N) is 4. The number of amides is 2. The zero-order valence-corrected chi connectivity index (χ0v) is 27.4. The molecule has 1 N–H and O–H groups in total. The van der Waals surface area contributed by atoms with Crippen LogP contribution in [0.2, 0.25) is 0 Å². The molecule has 3 fully saturated rings. The van der Waals surface area contributed by atoms with E-state index in [1.807, 2.05) is 43.3 Å². The van der Waals surface area contributed by atoms with Crippen molar-refractivity contribution < 1.29 is 23.5 Å². The number of halogens is 1. The number of piperidine rings is 1. The van der Waals surface area contributed by atoms with Gasteiger partial charge in [0.25, 0.3) is 5.91 Å². The number of aromatic nitrogens is 2. The van der Waals surface area contributed by atoms with E-state index in [4.69, 9.17) is 9.47 Å². The van der Waals surface area contributed by atoms with Crippen LogP contribution in [-0.4, -0.2) is 89.9 Å². The Morgan fingerprint density at radius 1 is 1.11 bits per heavy atom. The Balaban J connectivity index is 1.14. The summed E-state index contributed by atoms with van der Waals surface area (Å²) in [4.78, 5) is 30.3. The number of rotatable bonds is 10. The molecule has 4 heterocycles. The maximum absolute atomic E-state index is 15.6.